The molecule has 1 aliphatic carbocycles. The highest BCUT2D eigenvalue weighted by molar-refractivity contribution is 7.89. The summed E-state index contributed by atoms with van der Waals surface area (Å²) in [6.45, 7) is 5.90. The fourth-order valence-electron chi connectivity index (χ4n) is 2.61. The summed E-state index contributed by atoms with van der Waals surface area (Å²) < 4.78 is 26.5. The summed E-state index contributed by atoms with van der Waals surface area (Å²) in [7, 11) is -2.09. The molecule has 0 aromatic heterocycles. The van der Waals surface area contributed by atoms with E-state index in [1.165, 1.54) is 23.5 Å². The lowest BCUT2D eigenvalue weighted by Crippen LogP contribution is -2.53. The molecule has 0 radical (unpaired) electrons. The van der Waals surface area contributed by atoms with E-state index in [2.05, 4.69) is 5.32 Å². The fourth-order valence-corrected chi connectivity index (χ4v) is 4.03. The normalized spacial score (nSPS) is 17.8. The molecule has 1 amide bonds. The van der Waals surface area contributed by atoms with E-state index in [-0.39, 0.29) is 16.8 Å². The summed E-state index contributed by atoms with van der Waals surface area (Å²) in [4.78, 5) is 12.7. The number of nitrogens with two attached hydrogens (primary N) is 1. The topological polar surface area (TPSA) is 92.5 Å². The second kappa shape index (κ2) is 6.82. The van der Waals surface area contributed by atoms with Gasteiger partial charge in [0.05, 0.1) is 10.4 Å². The van der Waals surface area contributed by atoms with Crippen molar-refractivity contribution in [1.29, 1.82) is 0 Å². The highest BCUT2D eigenvalue weighted by Gasteiger charge is 2.41. The maximum Gasteiger partial charge on any atom is 0.251 e. The third-order valence-corrected chi connectivity index (χ3v) is 6.83. The average molecular weight is 353 g/mol. The zero-order valence-electron chi connectivity index (χ0n) is 14.7. The first kappa shape index (κ1) is 18.9. The number of nitrogens with zero attached hydrogens (tertiary/aromatic N) is 1. The van der Waals surface area contributed by atoms with Gasteiger partial charge in [-0.25, -0.2) is 8.42 Å². The van der Waals surface area contributed by atoms with Gasteiger partial charge in [0.15, 0.2) is 0 Å². The average Bonchev–Trinajstić information content (AvgIpc) is 3.39. The lowest BCUT2D eigenvalue weighted by Gasteiger charge is -2.29. The molecule has 1 fully saturated rings. The molecule has 7 heteroatoms. The summed E-state index contributed by atoms with van der Waals surface area (Å²) in [6.07, 6.45) is 2.11. The number of benzene rings is 1. The Morgan fingerprint density at radius 2 is 2.04 bits per heavy atom. The highest BCUT2D eigenvalue weighted by atomic mass is 32.2. The lowest BCUT2D eigenvalue weighted by atomic mass is 9.95. The Kier molecular flexibility index (Phi) is 5.37. The minimum atomic E-state index is -3.62. The molecule has 1 atom stereocenters. The van der Waals surface area contributed by atoms with Crippen molar-refractivity contribution in [3.8, 4) is 0 Å². The fraction of sp³-hybridized carbons (Fsp3) is 0.588. The number of nitrogens with one attached hydrogen (secondary N) is 1. The first-order valence-electron chi connectivity index (χ1n) is 8.22. The molecular formula is C17H27N3O3S. The Labute approximate surface area is 144 Å². The Balaban J connectivity index is 2.25. The van der Waals surface area contributed by atoms with Gasteiger partial charge in [-0.3, -0.25) is 4.79 Å². The van der Waals surface area contributed by atoms with Gasteiger partial charge in [0, 0.05) is 25.2 Å². The molecule has 0 saturated heterocycles. The van der Waals surface area contributed by atoms with Crippen LogP contribution in [-0.4, -0.2) is 43.8 Å². The van der Waals surface area contributed by atoms with Gasteiger partial charge in [0.1, 0.15) is 0 Å². The molecule has 1 aromatic rings. The number of rotatable bonds is 7. The third kappa shape index (κ3) is 3.79. The molecule has 134 valence electrons. The quantitative estimate of drug-likeness (QED) is 0.778. The Bertz CT molecular complexity index is 714. The Morgan fingerprint density at radius 3 is 2.54 bits per heavy atom. The Hall–Kier alpha value is -1.44. The summed E-state index contributed by atoms with van der Waals surface area (Å²) in [5, 5.41) is 2.98. The molecule has 1 aliphatic rings. The SMILES string of the molecule is CC(C)N(C)S(=O)(=O)c1cccc(C(=O)NC(C)(CN)C2CC2)c1. The molecule has 6 nitrogen and oxygen atoms in total. The van der Waals surface area contributed by atoms with E-state index < -0.39 is 15.6 Å². The van der Waals surface area contributed by atoms with Gasteiger partial charge in [-0.1, -0.05) is 6.07 Å². The van der Waals surface area contributed by atoms with Crippen molar-refractivity contribution < 1.29 is 13.2 Å². The van der Waals surface area contributed by atoms with Crippen LogP contribution in [0.25, 0.3) is 0 Å². The first-order chi connectivity index (χ1) is 11.1. The maximum absolute atomic E-state index is 12.6. The standard InChI is InChI=1S/C17H27N3O3S/c1-12(2)20(4)24(22,23)15-7-5-6-13(10-15)16(21)19-17(3,11-18)14-8-9-14/h5-7,10,12,14H,8-9,11,18H2,1-4H3,(H,19,21). The zero-order valence-corrected chi connectivity index (χ0v) is 15.6. The number of sulfonamides is 1. The van der Waals surface area contributed by atoms with Crippen LogP contribution in [0.3, 0.4) is 0 Å². The zero-order chi connectivity index (χ0) is 18.1. The second-order valence-corrected chi connectivity index (χ2v) is 8.99. The van der Waals surface area contributed by atoms with Gasteiger partial charge >= 0.3 is 0 Å². The number of carbonyl (C=O) groups is 1. The molecule has 2 rings (SSSR count). The van der Waals surface area contributed by atoms with Crippen LogP contribution in [0.15, 0.2) is 29.2 Å². The van der Waals surface area contributed by atoms with Crippen LogP contribution in [0.1, 0.15) is 44.0 Å². The van der Waals surface area contributed by atoms with Crippen molar-refractivity contribution in [2.75, 3.05) is 13.6 Å². The molecule has 1 unspecified atom stereocenters. The van der Waals surface area contributed by atoms with E-state index in [1.54, 1.807) is 26.0 Å². The summed E-state index contributed by atoms with van der Waals surface area (Å²) in [5.41, 5.74) is 5.71. The van der Waals surface area contributed by atoms with Crippen molar-refractivity contribution >= 4 is 15.9 Å². The molecule has 1 aromatic carbocycles. The number of amides is 1. The summed E-state index contributed by atoms with van der Waals surface area (Å²) >= 11 is 0. The van der Waals surface area contributed by atoms with Crippen LogP contribution in [0.5, 0.6) is 0 Å². The number of hydrogen-bond acceptors (Lipinski definition) is 4. The largest absolute Gasteiger partial charge is 0.345 e. The molecule has 0 bridgehead atoms. The molecular weight excluding hydrogens is 326 g/mol. The van der Waals surface area contributed by atoms with Gasteiger partial charge in [-0.15, -0.1) is 0 Å². The predicted octanol–water partition coefficient (Wildman–Crippen LogP) is 1.57. The monoisotopic (exact) mass is 353 g/mol. The molecule has 0 spiro atoms. The van der Waals surface area contributed by atoms with Crippen molar-refractivity contribution in [3.63, 3.8) is 0 Å². The van der Waals surface area contributed by atoms with Crippen molar-refractivity contribution in [3.05, 3.63) is 29.8 Å². The predicted molar refractivity (Wildman–Crippen MR) is 94.2 cm³/mol. The highest BCUT2D eigenvalue weighted by Crippen LogP contribution is 2.39. The molecule has 0 aliphatic heterocycles. The van der Waals surface area contributed by atoms with Gasteiger partial charge in [-0.2, -0.15) is 4.31 Å². The summed E-state index contributed by atoms with van der Waals surface area (Å²) in [5.74, 6) is 0.101. The minimum Gasteiger partial charge on any atom is -0.345 e. The first-order valence-corrected chi connectivity index (χ1v) is 9.66. The van der Waals surface area contributed by atoms with Crippen LogP contribution >= 0.6 is 0 Å². The maximum atomic E-state index is 12.6. The van der Waals surface area contributed by atoms with Gasteiger partial charge < -0.3 is 11.1 Å². The van der Waals surface area contributed by atoms with Crippen LogP contribution in [-0.2, 0) is 10.0 Å². The number of hydrogen-bond donors (Lipinski definition) is 2. The van der Waals surface area contributed by atoms with E-state index in [0.29, 0.717) is 18.0 Å². The minimum absolute atomic E-state index is 0.118. The van der Waals surface area contributed by atoms with Crippen molar-refractivity contribution in [2.45, 2.75) is 50.1 Å². The molecule has 3 N–H and O–H groups in total. The van der Waals surface area contributed by atoms with Gasteiger partial charge in [-0.05, 0) is 57.7 Å². The number of carbonyl (C=O) groups excluding carboxylic acids is 1. The van der Waals surface area contributed by atoms with E-state index in [1.807, 2.05) is 6.92 Å². The van der Waals surface area contributed by atoms with E-state index in [4.69, 9.17) is 5.73 Å². The summed E-state index contributed by atoms with van der Waals surface area (Å²) in [6, 6.07) is 5.98. The van der Waals surface area contributed by atoms with E-state index >= 15 is 0 Å². The van der Waals surface area contributed by atoms with E-state index in [0.717, 1.165) is 12.8 Å². The second-order valence-electron chi connectivity index (χ2n) is 6.99. The molecule has 0 heterocycles. The molecule has 1 saturated carbocycles. The van der Waals surface area contributed by atoms with Crippen LogP contribution in [0.2, 0.25) is 0 Å². The third-order valence-electron chi connectivity index (χ3n) is 4.80. The van der Waals surface area contributed by atoms with Crippen LogP contribution < -0.4 is 11.1 Å². The van der Waals surface area contributed by atoms with E-state index in [9.17, 15) is 13.2 Å². The van der Waals surface area contributed by atoms with Crippen LogP contribution in [0.4, 0.5) is 0 Å². The Morgan fingerprint density at radius 1 is 1.42 bits per heavy atom. The lowest BCUT2D eigenvalue weighted by molar-refractivity contribution is 0.0897. The van der Waals surface area contributed by atoms with Gasteiger partial charge in [0.2, 0.25) is 10.0 Å². The van der Waals surface area contributed by atoms with Crippen LogP contribution in [0, 0.1) is 5.92 Å². The smallest absolute Gasteiger partial charge is 0.251 e. The van der Waals surface area contributed by atoms with Gasteiger partial charge in [0.25, 0.3) is 5.91 Å². The van der Waals surface area contributed by atoms with Crippen molar-refractivity contribution in [2.24, 2.45) is 11.7 Å². The molecule has 24 heavy (non-hydrogen) atoms. The van der Waals surface area contributed by atoms with Crippen molar-refractivity contribution in [1.82, 2.24) is 9.62 Å².